The van der Waals surface area contributed by atoms with Gasteiger partial charge in [-0.05, 0) is 49.1 Å². The van der Waals surface area contributed by atoms with Crippen molar-refractivity contribution in [3.63, 3.8) is 0 Å². The third kappa shape index (κ3) is 3.05. The molecule has 1 aliphatic heterocycles. The van der Waals surface area contributed by atoms with Gasteiger partial charge in [0.05, 0.1) is 20.2 Å². The van der Waals surface area contributed by atoms with E-state index in [9.17, 15) is 9.90 Å². The normalized spacial score (nSPS) is 14.5. The topological polar surface area (TPSA) is 59.6 Å². The van der Waals surface area contributed by atoms with Crippen LogP contribution in [0.1, 0.15) is 30.5 Å². The number of hydroxylamine groups is 2. The molecule has 0 atom stereocenters. The van der Waals surface area contributed by atoms with Crippen LogP contribution >= 0.6 is 0 Å². The summed E-state index contributed by atoms with van der Waals surface area (Å²) >= 11 is 0. The van der Waals surface area contributed by atoms with Gasteiger partial charge in [-0.25, -0.2) is 9.36 Å². The molecule has 0 spiro atoms. The van der Waals surface area contributed by atoms with Gasteiger partial charge >= 0.3 is 0 Å². The molecular formula is C20H25N3O3. The van der Waals surface area contributed by atoms with Gasteiger partial charge in [0, 0.05) is 18.7 Å². The quantitative estimate of drug-likeness (QED) is 0.857. The van der Waals surface area contributed by atoms with Gasteiger partial charge in [-0.2, -0.15) is 5.06 Å². The van der Waals surface area contributed by atoms with Gasteiger partial charge in [-0.1, -0.05) is 12.8 Å². The lowest BCUT2D eigenvalue weighted by Gasteiger charge is -2.15. The summed E-state index contributed by atoms with van der Waals surface area (Å²) in [5, 5.41) is 12.7. The van der Waals surface area contributed by atoms with Gasteiger partial charge in [-0.3, -0.25) is 4.79 Å². The van der Waals surface area contributed by atoms with Crippen LogP contribution < -0.4 is 5.56 Å². The number of rotatable bonds is 3. The third-order valence-electron chi connectivity index (χ3n) is 4.91. The Labute approximate surface area is 153 Å². The van der Waals surface area contributed by atoms with Crippen molar-refractivity contribution >= 4 is 0 Å². The first-order valence-electron chi connectivity index (χ1n) is 8.90. The molecule has 0 bridgehead atoms. The molecule has 2 heterocycles. The second-order valence-electron chi connectivity index (χ2n) is 6.42. The van der Waals surface area contributed by atoms with E-state index in [1.807, 2.05) is 26.0 Å². The second kappa shape index (κ2) is 7.40. The van der Waals surface area contributed by atoms with Crippen LogP contribution in [0.3, 0.4) is 0 Å². The Morgan fingerprint density at radius 1 is 1.15 bits per heavy atom. The van der Waals surface area contributed by atoms with E-state index in [4.69, 9.17) is 4.84 Å². The zero-order valence-corrected chi connectivity index (χ0v) is 15.8. The highest BCUT2D eigenvalue weighted by Crippen LogP contribution is 2.33. The molecule has 1 N–H and O–H groups in total. The number of aromatic hydroxyl groups is 1. The Bertz CT molecular complexity index is 944. The monoisotopic (exact) mass is 355 g/mol. The van der Waals surface area contributed by atoms with Crippen LogP contribution in [0.5, 0.6) is 5.88 Å². The Morgan fingerprint density at radius 2 is 1.85 bits per heavy atom. The standard InChI is InChI=1S/C20H25N3O3/c1-5-7-15-12-14(3)17(16(6-2)13-15)18-19(24)22-10-8-21(26-4)9-11-23(22)20(18)25/h12-13,24H,6,8-11H2,1-4H3. The zero-order valence-electron chi connectivity index (χ0n) is 15.8. The summed E-state index contributed by atoms with van der Waals surface area (Å²) in [5.74, 6) is 6.02. The maximum atomic E-state index is 13.1. The highest BCUT2D eigenvalue weighted by Gasteiger charge is 2.26. The molecule has 1 aromatic heterocycles. The number of aromatic nitrogens is 2. The lowest BCUT2D eigenvalue weighted by Crippen LogP contribution is -2.27. The highest BCUT2D eigenvalue weighted by atomic mass is 16.7. The molecule has 0 aliphatic carbocycles. The lowest BCUT2D eigenvalue weighted by atomic mass is 9.93. The summed E-state index contributed by atoms with van der Waals surface area (Å²) < 4.78 is 3.28. The van der Waals surface area contributed by atoms with Gasteiger partial charge in [0.1, 0.15) is 5.56 Å². The number of aryl methyl sites for hydroxylation is 2. The minimum Gasteiger partial charge on any atom is -0.493 e. The molecule has 0 fully saturated rings. The van der Waals surface area contributed by atoms with E-state index in [-0.39, 0.29) is 11.4 Å². The molecule has 0 saturated heterocycles. The molecule has 1 aliphatic rings. The predicted octanol–water partition coefficient (Wildman–Crippen LogP) is 2.14. The Balaban J connectivity index is 2.18. The largest absolute Gasteiger partial charge is 0.493 e. The molecule has 6 heteroatoms. The fourth-order valence-electron chi connectivity index (χ4n) is 3.67. The van der Waals surface area contributed by atoms with Crippen molar-refractivity contribution in [3.8, 4) is 28.8 Å². The summed E-state index contributed by atoms with van der Waals surface area (Å²) in [5.41, 5.74) is 3.97. The Morgan fingerprint density at radius 3 is 2.46 bits per heavy atom. The van der Waals surface area contributed by atoms with Crippen molar-refractivity contribution in [1.82, 2.24) is 14.4 Å². The van der Waals surface area contributed by atoms with Crippen LogP contribution in [-0.2, 0) is 24.3 Å². The van der Waals surface area contributed by atoms with Gasteiger partial charge in [0.15, 0.2) is 0 Å². The lowest BCUT2D eigenvalue weighted by molar-refractivity contribution is -0.130. The fourth-order valence-corrected chi connectivity index (χ4v) is 3.67. The van der Waals surface area contributed by atoms with E-state index < -0.39 is 0 Å². The maximum Gasteiger partial charge on any atom is 0.278 e. The van der Waals surface area contributed by atoms with Crippen molar-refractivity contribution in [2.75, 3.05) is 20.2 Å². The van der Waals surface area contributed by atoms with Gasteiger partial charge in [0.25, 0.3) is 5.56 Å². The van der Waals surface area contributed by atoms with E-state index >= 15 is 0 Å². The minimum absolute atomic E-state index is 0.0279. The van der Waals surface area contributed by atoms with Crippen molar-refractivity contribution in [1.29, 1.82) is 0 Å². The van der Waals surface area contributed by atoms with Gasteiger partial charge in [0.2, 0.25) is 5.88 Å². The van der Waals surface area contributed by atoms with Gasteiger partial charge in [-0.15, -0.1) is 5.92 Å². The molecule has 138 valence electrons. The average Bonchev–Trinajstić information content (AvgIpc) is 2.79. The molecule has 26 heavy (non-hydrogen) atoms. The van der Waals surface area contributed by atoms with Crippen LogP contribution in [0, 0.1) is 18.8 Å². The van der Waals surface area contributed by atoms with E-state index in [1.165, 1.54) is 0 Å². The van der Waals surface area contributed by atoms with E-state index in [0.717, 1.165) is 28.7 Å². The summed E-state index contributed by atoms with van der Waals surface area (Å²) in [6.45, 7) is 8.00. The predicted molar refractivity (Wildman–Crippen MR) is 101 cm³/mol. The first-order chi connectivity index (χ1) is 12.5. The van der Waals surface area contributed by atoms with Crippen LogP contribution in [0.2, 0.25) is 0 Å². The van der Waals surface area contributed by atoms with Crippen molar-refractivity contribution in [2.24, 2.45) is 0 Å². The van der Waals surface area contributed by atoms with E-state index in [2.05, 4.69) is 11.8 Å². The Hall–Kier alpha value is -2.49. The van der Waals surface area contributed by atoms with E-state index in [0.29, 0.717) is 31.7 Å². The molecule has 2 aromatic rings. The maximum absolute atomic E-state index is 13.1. The first kappa shape index (κ1) is 18.3. The SMILES string of the molecule is CC#Cc1cc(C)c(-c2c(O)n3n(c2=O)CCN(OC)CC3)c(CC)c1. The molecular weight excluding hydrogens is 330 g/mol. The molecule has 0 saturated carbocycles. The number of fused-ring (bicyclic) bond motifs is 1. The summed E-state index contributed by atoms with van der Waals surface area (Å²) in [7, 11) is 1.62. The average molecular weight is 355 g/mol. The zero-order chi connectivity index (χ0) is 18.8. The number of hydrogen-bond donors (Lipinski definition) is 1. The van der Waals surface area contributed by atoms with Crippen LogP contribution in [0.15, 0.2) is 16.9 Å². The molecule has 0 unspecified atom stereocenters. The molecule has 0 radical (unpaired) electrons. The van der Waals surface area contributed by atoms with Crippen LogP contribution in [0.4, 0.5) is 0 Å². The third-order valence-corrected chi connectivity index (χ3v) is 4.91. The second-order valence-corrected chi connectivity index (χ2v) is 6.42. The van der Waals surface area contributed by atoms with Gasteiger partial charge < -0.3 is 9.94 Å². The van der Waals surface area contributed by atoms with Crippen LogP contribution in [-0.4, -0.2) is 39.7 Å². The molecule has 1 aromatic carbocycles. The van der Waals surface area contributed by atoms with Crippen molar-refractivity contribution < 1.29 is 9.94 Å². The number of benzene rings is 1. The highest BCUT2D eigenvalue weighted by molar-refractivity contribution is 5.75. The minimum atomic E-state index is -0.160. The summed E-state index contributed by atoms with van der Waals surface area (Å²) in [6, 6.07) is 3.99. The van der Waals surface area contributed by atoms with Crippen molar-refractivity contribution in [3.05, 3.63) is 39.2 Å². The van der Waals surface area contributed by atoms with E-state index in [1.54, 1.807) is 28.5 Å². The Kier molecular flexibility index (Phi) is 5.21. The fraction of sp³-hybridized carbons (Fsp3) is 0.450. The molecule has 0 amide bonds. The summed E-state index contributed by atoms with van der Waals surface area (Å²) in [6.07, 6.45) is 0.761. The smallest absolute Gasteiger partial charge is 0.278 e. The van der Waals surface area contributed by atoms with Crippen LogP contribution in [0.25, 0.3) is 11.1 Å². The first-order valence-corrected chi connectivity index (χ1v) is 8.90. The summed E-state index contributed by atoms with van der Waals surface area (Å²) in [4.78, 5) is 18.4. The number of hydrogen-bond acceptors (Lipinski definition) is 4. The molecule has 3 rings (SSSR count). The number of nitrogens with zero attached hydrogens (tertiary/aromatic N) is 3. The molecule has 6 nitrogen and oxygen atoms in total. The van der Waals surface area contributed by atoms with Crippen molar-refractivity contribution in [2.45, 2.75) is 40.3 Å².